The lowest BCUT2D eigenvalue weighted by atomic mass is 10.0. The van der Waals surface area contributed by atoms with Gasteiger partial charge in [-0.2, -0.15) is 4.68 Å². The second kappa shape index (κ2) is 7.44. The van der Waals surface area contributed by atoms with Gasteiger partial charge in [-0.15, -0.1) is 5.10 Å². The van der Waals surface area contributed by atoms with Gasteiger partial charge in [0.25, 0.3) is 0 Å². The number of ether oxygens (including phenoxy) is 2. The number of aromatic nitrogens is 4. The van der Waals surface area contributed by atoms with Crippen LogP contribution in [-0.2, 0) is 6.54 Å². The van der Waals surface area contributed by atoms with Crippen molar-refractivity contribution in [1.82, 2.24) is 25.1 Å². The molecule has 1 aromatic heterocycles. The highest BCUT2D eigenvalue weighted by Gasteiger charge is 2.18. The van der Waals surface area contributed by atoms with E-state index in [0.717, 1.165) is 11.5 Å². The van der Waals surface area contributed by atoms with Crippen molar-refractivity contribution >= 4 is 0 Å². The Kier molecular flexibility index (Phi) is 5.10. The molecular weight excluding hydrogens is 306 g/mol. The average Bonchev–Trinajstić information content (AvgIpc) is 3.10. The molecule has 1 aromatic carbocycles. The van der Waals surface area contributed by atoms with Crippen molar-refractivity contribution < 1.29 is 9.47 Å². The molecule has 0 bridgehead atoms. The smallest absolute Gasteiger partial charge is 0.170 e. The van der Waals surface area contributed by atoms with Crippen LogP contribution in [0.5, 0.6) is 11.5 Å². The molecule has 7 heteroatoms. The Hall–Kier alpha value is -2.41. The van der Waals surface area contributed by atoms with Gasteiger partial charge in [0.15, 0.2) is 5.82 Å². The second-order valence-corrected chi connectivity index (χ2v) is 5.92. The molecule has 0 fully saturated rings. The fraction of sp³-hybridized carbons (Fsp3) is 0.471. The molecule has 2 aromatic rings. The standard InChI is InChI=1S/C17H23N5O2/c1-21(13-7-5-4-6-8-13)12-17-18-19-20-22(17)14-9-15(23-2)11-16(10-14)24-3/h5,7,9-11,13H,4,6,8,12H2,1-3H3/t13-/m0/s1. The van der Waals surface area contributed by atoms with Crippen molar-refractivity contribution in [1.29, 1.82) is 0 Å². The van der Waals surface area contributed by atoms with Crippen LogP contribution in [0.25, 0.3) is 5.69 Å². The lowest BCUT2D eigenvalue weighted by molar-refractivity contribution is 0.246. The summed E-state index contributed by atoms with van der Waals surface area (Å²) >= 11 is 0. The van der Waals surface area contributed by atoms with E-state index in [2.05, 4.69) is 39.6 Å². The first-order chi connectivity index (χ1) is 11.7. The van der Waals surface area contributed by atoms with E-state index in [4.69, 9.17) is 9.47 Å². The van der Waals surface area contributed by atoms with Gasteiger partial charge < -0.3 is 9.47 Å². The lowest BCUT2D eigenvalue weighted by Crippen LogP contribution is -2.31. The summed E-state index contributed by atoms with van der Waals surface area (Å²) in [5, 5.41) is 12.2. The maximum absolute atomic E-state index is 5.33. The van der Waals surface area contributed by atoms with Crippen LogP contribution >= 0.6 is 0 Å². The number of methoxy groups -OCH3 is 2. The Bertz CT molecular complexity index is 691. The van der Waals surface area contributed by atoms with E-state index in [1.807, 2.05) is 18.2 Å². The molecule has 128 valence electrons. The first kappa shape index (κ1) is 16.4. The fourth-order valence-corrected chi connectivity index (χ4v) is 2.92. The highest BCUT2D eigenvalue weighted by Crippen LogP contribution is 2.25. The van der Waals surface area contributed by atoms with Gasteiger partial charge in [0, 0.05) is 24.2 Å². The molecule has 0 radical (unpaired) electrons. The summed E-state index contributed by atoms with van der Waals surface area (Å²) in [6.45, 7) is 0.668. The molecule has 7 nitrogen and oxygen atoms in total. The van der Waals surface area contributed by atoms with Crippen molar-refractivity contribution in [3.8, 4) is 17.2 Å². The van der Waals surface area contributed by atoms with Crippen LogP contribution in [0.2, 0.25) is 0 Å². The van der Waals surface area contributed by atoms with Gasteiger partial charge in [-0.25, -0.2) is 0 Å². The molecule has 24 heavy (non-hydrogen) atoms. The third kappa shape index (κ3) is 3.56. The summed E-state index contributed by atoms with van der Waals surface area (Å²) in [6, 6.07) is 6.04. The summed E-state index contributed by atoms with van der Waals surface area (Å²) in [7, 11) is 5.36. The summed E-state index contributed by atoms with van der Waals surface area (Å²) in [6.07, 6.45) is 8.09. The van der Waals surface area contributed by atoms with Crippen molar-refractivity contribution in [2.24, 2.45) is 0 Å². The zero-order valence-electron chi connectivity index (χ0n) is 14.3. The first-order valence-corrected chi connectivity index (χ1v) is 8.09. The van der Waals surface area contributed by atoms with E-state index in [1.165, 1.54) is 19.3 Å². The van der Waals surface area contributed by atoms with E-state index in [-0.39, 0.29) is 0 Å². The quantitative estimate of drug-likeness (QED) is 0.757. The van der Waals surface area contributed by atoms with Crippen molar-refractivity contribution in [3.05, 3.63) is 36.2 Å². The summed E-state index contributed by atoms with van der Waals surface area (Å²) in [5.41, 5.74) is 0.818. The van der Waals surface area contributed by atoms with Gasteiger partial charge in [0.05, 0.1) is 26.5 Å². The SMILES string of the molecule is COc1cc(OC)cc(-n2nnnc2CN(C)[C@H]2C=CCCC2)c1. The topological polar surface area (TPSA) is 65.3 Å². The van der Waals surface area contributed by atoms with Crippen LogP contribution in [0.15, 0.2) is 30.4 Å². The summed E-state index contributed by atoms with van der Waals surface area (Å²) < 4.78 is 12.4. The van der Waals surface area contributed by atoms with Gasteiger partial charge in [0.1, 0.15) is 11.5 Å². The Balaban J connectivity index is 1.85. The largest absolute Gasteiger partial charge is 0.497 e. The minimum atomic E-state index is 0.434. The maximum Gasteiger partial charge on any atom is 0.170 e. The van der Waals surface area contributed by atoms with E-state index in [9.17, 15) is 0 Å². The number of rotatable bonds is 6. The normalized spacial score (nSPS) is 17.2. The third-order valence-electron chi connectivity index (χ3n) is 4.30. The Morgan fingerprint density at radius 1 is 1.21 bits per heavy atom. The highest BCUT2D eigenvalue weighted by atomic mass is 16.5. The lowest BCUT2D eigenvalue weighted by Gasteiger charge is -2.27. The van der Waals surface area contributed by atoms with Gasteiger partial charge in [-0.1, -0.05) is 12.2 Å². The van der Waals surface area contributed by atoms with E-state index < -0.39 is 0 Å². The third-order valence-corrected chi connectivity index (χ3v) is 4.30. The van der Waals surface area contributed by atoms with Crippen LogP contribution in [0.4, 0.5) is 0 Å². The molecule has 0 saturated carbocycles. The average molecular weight is 329 g/mol. The number of likely N-dealkylation sites (N-methyl/N-ethyl adjacent to an activating group) is 1. The first-order valence-electron chi connectivity index (χ1n) is 8.09. The molecule has 1 aliphatic rings. The van der Waals surface area contributed by atoms with Crippen LogP contribution in [0.3, 0.4) is 0 Å². The number of hydrogen-bond acceptors (Lipinski definition) is 6. The number of nitrogens with zero attached hydrogens (tertiary/aromatic N) is 5. The molecule has 3 rings (SSSR count). The number of tetrazole rings is 1. The molecular formula is C17H23N5O2. The zero-order chi connectivity index (χ0) is 16.9. The monoisotopic (exact) mass is 329 g/mol. The second-order valence-electron chi connectivity index (χ2n) is 5.92. The van der Waals surface area contributed by atoms with Gasteiger partial charge in [0.2, 0.25) is 0 Å². The molecule has 0 aliphatic heterocycles. The van der Waals surface area contributed by atoms with Crippen LogP contribution in [0, 0.1) is 0 Å². The van der Waals surface area contributed by atoms with Crippen molar-refractivity contribution in [3.63, 3.8) is 0 Å². The molecule has 0 spiro atoms. The zero-order valence-corrected chi connectivity index (χ0v) is 14.3. The van der Waals surface area contributed by atoms with Crippen LogP contribution < -0.4 is 9.47 Å². The Labute approximate surface area is 141 Å². The molecule has 0 unspecified atom stereocenters. The van der Waals surface area contributed by atoms with Gasteiger partial charge >= 0.3 is 0 Å². The Morgan fingerprint density at radius 2 is 1.96 bits per heavy atom. The van der Waals surface area contributed by atoms with Gasteiger partial charge in [-0.3, -0.25) is 4.90 Å². The number of benzene rings is 1. The van der Waals surface area contributed by atoms with Crippen LogP contribution in [-0.4, -0.2) is 52.4 Å². The summed E-state index contributed by atoms with van der Waals surface area (Å²) in [5.74, 6) is 2.19. The highest BCUT2D eigenvalue weighted by molar-refractivity contribution is 5.46. The minimum absolute atomic E-state index is 0.434. The predicted molar refractivity (Wildman–Crippen MR) is 90.5 cm³/mol. The van der Waals surface area contributed by atoms with Crippen LogP contribution in [0.1, 0.15) is 25.1 Å². The van der Waals surface area contributed by atoms with E-state index in [0.29, 0.717) is 24.1 Å². The molecule has 0 amide bonds. The number of allylic oxidation sites excluding steroid dienone is 1. The van der Waals surface area contributed by atoms with Crippen molar-refractivity contribution in [2.75, 3.05) is 21.3 Å². The molecule has 1 atom stereocenters. The fourth-order valence-electron chi connectivity index (χ4n) is 2.92. The van der Waals surface area contributed by atoms with Crippen molar-refractivity contribution in [2.45, 2.75) is 31.8 Å². The van der Waals surface area contributed by atoms with Gasteiger partial charge in [-0.05, 0) is 36.7 Å². The minimum Gasteiger partial charge on any atom is -0.497 e. The molecule has 0 saturated heterocycles. The molecule has 1 heterocycles. The molecule has 1 aliphatic carbocycles. The summed E-state index contributed by atoms with van der Waals surface area (Å²) in [4.78, 5) is 2.27. The maximum atomic E-state index is 5.33. The van der Waals surface area contributed by atoms with E-state index in [1.54, 1.807) is 18.9 Å². The molecule has 0 N–H and O–H groups in total. The number of hydrogen-bond donors (Lipinski definition) is 0. The van der Waals surface area contributed by atoms with E-state index >= 15 is 0 Å². The predicted octanol–water partition coefficient (Wildman–Crippen LogP) is 2.22. The Morgan fingerprint density at radius 3 is 2.58 bits per heavy atom.